The Kier molecular flexibility index (Phi) is 3.64. The molecule has 0 radical (unpaired) electrons. The van der Waals surface area contributed by atoms with E-state index < -0.39 is 0 Å². The molecule has 1 aromatic heterocycles. The Morgan fingerprint density at radius 2 is 1.72 bits per heavy atom. The van der Waals surface area contributed by atoms with E-state index in [0.29, 0.717) is 15.8 Å². The molecule has 0 saturated carbocycles. The smallest absolute Gasteiger partial charge is 0.249 e. The highest BCUT2D eigenvalue weighted by Crippen LogP contribution is 2.28. The van der Waals surface area contributed by atoms with Crippen molar-refractivity contribution in [1.29, 1.82) is 5.41 Å². The lowest BCUT2D eigenvalue weighted by molar-refractivity contribution is 0.458. The fourth-order valence-corrected chi connectivity index (χ4v) is 1.79. The van der Waals surface area contributed by atoms with E-state index in [9.17, 15) is 0 Å². The topological polar surface area (TPSA) is 84.9 Å². The van der Waals surface area contributed by atoms with E-state index in [1.54, 1.807) is 18.2 Å². The number of nitrogens with one attached hydrogen (secondary N) is 1. The zero-order valence-corrected chi connectivity index (χ0v) is 10.5. The summed E-state index contributed by atoms with van der Waals surface area (Å²) in [7, 11) is 0. The molecule has 2 aromatic rings. The van der Waals surface area contributed by atoms with E-state index >= 15 is 0 Å². The van der Waals surface area contributed by atoms with Crippen molar-refractivity contribution in [2.75, 3.05) is 0 Å². The molecular formula is C11H8Cl2N4O. The second-order valence-corrected chi connectivity index (χ2v) is 4.20. The molecule has 1 heterocycles. The van der Waals surface area contributed by atoms with Gasteiger partial charge in [0.05, 0.1) is 0 Å². The number of amidine groups is 1. The number of hydrogen-bond donors (Lipinski definition) is 2. The number of nitrogens with two attached hydrogens (primary N) is 1. The summed E-state index contributed by atoms with van der Waals surface area (Å²) in [6, 6.07) is 4.73. The van der Waals surface area contributed by atoms with Crippen LogP contribution in [-0.2, 0) is 0 Å². The average molecular weight is 283 g/mol. The summed E-state index contributed by atoms with van der Waals surface area (Å²) in [5.74, 6) is 0.296. The van der Waals surface area contributed by atoms with Crippen molar-refractivity contribution < 1.29 is 4.74 Å². The van der Waals surface area contributed by atoms with E-state index in [1.165, 1.54) is 12.4 Å². The lowest BCUT2D eigenvalue weighted by Gasteiger charge is -2.08. The Morgan fingerprint density at radius 3 is 2.33 bits per heavy atom. The summed E-state index contributed by atoms with van der Waals surface area (Å²) < 4.78 is 5.47. The standard InChI is InChI=1S/C11H8Cl2N4O/c12-6-3-7(13)5-8(4-6)18-11-9(10(14)15)16-1-2-17-11/h1-5H,(H3,14,15). The number of ether oxygens (including phenoxy) is 1. The maximum Gasteiger partial charge on any atom is 0.249 e. The summed E-state index contributed by atoms with van der Waals surface area (Å²) in [4.78, 5) is 7.88. The minimum Gasteiger partial charge on any atom is -0.437 e. The van der Waals surface area contributed by atoms with Gasteiger partial charge in [0.15, 0.2) is 5.69 Å². The van der Waals surface area contributed by atoms with Gasteiger partial charge in [-0.1, -0.05) is 23.2 Å². The average Bonchev–Trinajstić information content (AvgIpc) is 2.27. The lowest BCUT2D eigenvalue weighted by atomic mass is 10.3. The first-order chi connectivity index (χ1) is 8.56. The van der Waals surface area contributed by atoms with Crippen LogP contribution in [0.15, 0.2) is 30.6 Å². The molecule has 0 unspecified atom stereocenters. The van der Waals surface area contributed by atoms with Gasteiger partial charge in [-0.3, -0.25) is 5.41 Å². The van der Waals surface area contributed by atoms with Crippen molar-refractivity contribution in [3.05, 3.63) is 46.3 Å². The second kappa shape index (κ2) is 5.20. The molecule has 0 amide bonds. The molecule has 0 atom stereocenters. The summed E-state index contributed by atoms with van der Waals surface area (Å²) >= 11 is 11.7. The highest BCUT2D eigenvalue weighted by molar-refractivity contribution is 6.34. The predicted molar refractivity (Wildman–Crippen MR) is 69.6 cm³/mol. The third-order valence-corrected chi connectivity index (χ3v) is 2.41. The van der Waals surface area contributed by atoms with Crippen LogP contribution in [0.25, 0.3) is 0 Å². The predicted octanol–water partition coefficient (Wildman–Crippen LogP) is 2.86. The van der Waals surface area contributed by atoms with Gasteiger partial charge in [-0.05, 0) is 18.2 Å². The second-order valence-electron chi connectivity index (χ2n) is 3.33. The van der Waals surface area contributed by atoms with Crippen LogP contribution in [0.1, 0.15) is 5.69 Å². The van der Waals surface area contributed by atoms with Crippen molar-refractivity contribution in [2.24, 2.45) is 5.73 Å². The quantitative estimate of drug-likeness (QED) is 0.670. The Balaban J connectivity index is 2.37. The van der Waals surface area contributed by atoms with Crippen LogP contribution in [0.3, 0.4) is 0 Å². The molecule has 3 N–H and O–H groups in total. The Hall–Kier alpha value is -1.85. The first kappa shape index (κ1) is 12.6. The number of halogens is 2. The molecule has 0 saturated heterocycles. The maximum absolute atomic E-state index is 7.37. The van der Waals surface area contributed by atoms with Crippen molar-refractivity contribution in [1.82, 2.24) is 9.97 Å². The zero-order valence-electron chi connectivity index (χ0n) is 9.02. The van der Waals surface area contributed by atoms with Gasteiger partial charge in [0.25, 0.3) is 0 Å². The fourth-order valence-electron chi connectivity index (χ4n) is 1.28. The van der Waals surface area contributed by atoms with Gasteiger partial charge in [-0.15, -0.1) is 0 Å². The van der Waals surface area contributed by atoms with Gasteiger partial charge in [-0.25, -0.2) is 9.97 Å². The van der Waals surface area contributed by atoms with Crippen LogP contribution in [0.5, 0.6) is 11.6 Å². The molecule has 2 rings (SSSR count). The molecule has 5 nitrogen and oxygen atoms in total. The van der Waals surface area contributed by atoms with Crippen LogP contribution in [0.4, 0.5) is 0 Å². The Bertz CT molecular complexity index is 583. The molecule has 18 heavy (non-hydrogen) atoms. The fraction of sp³-hybridized carbons (Fsp3) is 0. The van der Waals surface area contributed by atoms with Gasteiger partial charge in [0, 0.05) is 22.4 Å². The van der Waals surface area contributed by atoms with Gasteiger partial charge in [0.2, 0.25) is 5.88 Å². The van der Waals surface area contributed by atoms with Gasteiger partial charge >= 0.3 is 0 Å². The number of benzene rings is 1. The third kappa shape index (κ3) is 2.88. The molecule has 0 aliphatic carbocycles. The molecular weight excluding hydrogens is 275 g/mol. The summed E-state index contributed by atoms with van der Waals surface area (Å²) in [5.41, 5.74) is 5.54. The van der Waals surface area contributed by atoms with E-state index in [-0.39, 0.29) is 17.4 Å². The molecule has 0 aliphatic rings. The molecule has 1 aromatic carbocycles. The zero-order chi connectivity index (χ0) is 13.1. The van der Waals surface area contributed by atoms with E-state index in [4.69, 9.17) is 39.1 Å². The molecule has 0 fully saturated rings. The number of aromatic nitrogens is 2. The molecule has 0 aliphatic heterocycles. The SMILES string of the molecule is N=C(N)c1nccnc1Oc1cc(Cl)cc(Cl)c1. The minimum atomic E-state index is -0.230. The first-order valence-corrected chi connectivity index (χ1v) is 5.61. The van der Waals surface area contributed by atoms with Gasteiger partial charge in [-0.2, -0.15) is 0 Å². The van der Waals surface area contributed by atoms with E-state index in [1.807, 2.05) is 0 Å². The van der Waals surface area contributed by atoms with Crippen LogP contribution in [-0.4, -0.2) is 15.8 Å². The van der Waals surface area contributed by atoms with E-state index in [0.717, 1.165) is 0 Å². The first-order valence-electron chi connectivity index (χ1n) is 4.85. The molecule has 0 spiro atoms. The molecule has 0 bridgehead atoms. The van der Waals surface area contributed by atoms with E-state index in [2.05, 4.69) is 9.97 Å². The van der Waals surface area contributed by atoms with Crippen molar-refractivity contribution in [3.63, 3.8) is 0 Å². The Morgan fingerprint density at radius 1 is 1.11 bits per heavy atom. The highest BCUT2D eigenvalue weighted by Gasteiger charge is 2.11. The number of nitrogens with zero attached hydrogens (tertiary/aromatic N) is 2. The molecule has 7 heteroatoms. The number of rotatable bonds is 3. The third-order valence-electron chi connectivity index (χ3n) is 1.97. The van der Waals surface area contributed by atoms with Crippen molar-refractivity contribution >= 4 is 29.0 Å². The summed E-state index contributed by atoms with van der Waals surface area (Å²) in [6.45, 7) is 0. The normalized spacial score (nSPS) is 10.1. The number of hydrogen-bond acceptors (Lipinski definition) is 4. The van der Waals surface area contributed by atoms with Crippen LogP contribution >= 0.6 is 23.2 Å². The van der Waals surface area contributed by atoms with Crippen LogP contribution < -0.4 is 10.5 Å². The monoisotopic (exact) mass is 282 g/mol. The van der Waals surface area contributed by atoms with Gasteiger partial charge in [0.1, 0.15) is 11.6 Å². The maximum atomic E-state index is 7.37. The highest BCUT2D eigenvalue weighted by atomic mass is 35.5. The Labute approximate surface area is 113 Å². The largest absolute Gasteiger partial charge is 0.437 e. The lowest BCUT2D eigenvalue weighted by Crippen LogP contribution is -2.15. The van der Waals surface area contributed by atoms with Crippen LogP contribution in [0, 0.1) is 5.41 Å². The minimum absolute atomic E-state index is 0.128. The van der Waals surface area contributed by atoms with Gasteiger partial charge < -0.3 is 10.5 Å². The summed E-state index contributed by atoms with van der Waals surface area (Å²) in [5, 5.41) is 8.24. The van der Waals surface area contributed by atoms with Crippen LogP contribution in [0.2, 0.25) is 10.0 Å². The molecule has 92 valence electrons. The number of nitrogen functional groups attached to an aromatic ring is 1. The van der Waals surface area contributed by atoms with Crippen molar-refractivity contribution in [2.45, 2.75) is 0 Å². The summed E-state index contributed by atoms with van der Waals surface area (Å²) in [6.07, 6.45) is 2.86. The van der Waals surface area contributed by atoms with Crippen molar-refractivity contribution in [3.8, 4) is 11.6 Å².